The van der Waals surface area contributed by atoms with Crippen molar-refractivity contribution in [1.82, 2.24) is 9.78 Å². The predicted octanol–water partition coefficient (Wildman–Crippen LogP) is 1.22. The molecule has 1 heterocycles. The Balaban J connectivity index is 2.08. The summed E-state index contributed by atoms with van der Waals surface area (Å²) in [6.07, 6.45) is 3.39. The molecule has 0 saturated heterocycles. The molecule has 0 aliphatic rings. The number of nitrogens with one attached hydrogen (secondary N) is 1. The average Bonchev–Trinajstić information content (AvgIpc) is 2.76. The molecule has 0 atom stereocenters. The molecule has 8 nitrogen and oxygen atoms in total. The molecule has 2 N–H and O–H groups in total. The van der Waals surface area contributed by atoms with E-state index in [9.17, 15) is 20.0 Å². The van der Waals surface area contributed by atoms with Crippen molar-refractivity contribution in [3.8, 4) is 5.75 Å². The van der Waals surface area contributed by atoms with Crippen LogP contribution in [0.2, 0.25) is 0 Å². The Bertz CT molecular complexity index is 665. The molecule has 2 rings (SSSR count). The van der Waals surface area contributed by atoms with E-state index in [1.165, 1.54) is 6.07 Å². The molecule has 104 valence electrons. The van der Waals surface area contributed by atoms with Crippen LogP contribution in [0.3, 0.4) is 0 Å². The molecule has 20 heavy (non-hydrogen) atoms. The second-order valence-corrected chi connectivity index (χ2v) is 4.21. The highest BCUT2D eigenvalue weighted by molar-refractivity contribution is 5.92. The minimum Gasteiger partial charge on any atom is -0.502 e. The molecular weight excluding hydrogens is 264 g/mol. The average molecular weight is 276 g/mol. The van der Waals surface area contributed by atoms with Gasteiger partial charge in [0.25, 0.3) is 0 Å². The third-order valence-electron chi connectivity index (χ3n) is 2.58. The summed E-state index contributed by atoms with van der Waals surface area (Å²) >= 11 is 0. The number of aryl methyl sites for hydroxylation is 1. The maximum atomic E-state index is 11.8. The number of amides is 1. The lowest BCUT2D eigenvalue weighted by Gasteiger charge is -2.04. The predicted molar refractivity (Wildman–Crippen MR) is 70.3 cm³/mol. The molecule has 0 spiro atoms. The van der Waals surface area contributed by atoms with Crippen LogP contribution in [0.25, 0.3) is 0 Å². The van der Waals surface area contributed by atoms with Gasteiger partial charge in [0.15, 0.2) is 5.75 Å². The number of benzene rings is 1. The third-order valence-corrected chi connectivity index (χ3v) is 2.58. The first-order valence-corrected chi connectivity index (χ1v) is 5.70. The molecule has 8 heteroatoms. The van der Waals surface area contributed by atoms with Gasteiger partial charge in [-0.15, -0.1) is 0 Å². The first kappa shape index (κ1) is 13.5. The van der Waals surface area contributed by atoms with E-state index in [4.69, 9.17) is 0 Å². The molecule has 0 fully saturated rings. The lowest BCUT2D eigenvalue weighted by molar-refractivity contribution is -0.385. The first-order valence-electron chi connectivity index (χ1n) is 5.70. The Labute approximate surface area is 113 Å². The number of carbonyl (C=O) groups excluding carboxylic acids is 1. The van der Waals surface area contributed by atoms with Crippen LogP contribution in [-0.2, 0) is 18.3 Å². The zero-order valence-corrected chi connectivity index (χ0v) is 10.6. The summed E-state index contributed by atoms with van der Waals surface area (Å²) in [6.45, 7) is 0. The molecule has 0 aliphatic heterocycles. The number of phenols is 1. The fraction of sp³-hybridized carbons (Fsp3) is 0.167. The van der Waals surface area contributed by atoms with Crippen molar-refractivity contribution in [2.75, 3.05) is 5.32 Å². The number of nitrogens with zero attached hydrogens (tertiary/aromatic N) is 3. The number of hydrogen-bond donors (Lipinski definition) is 2. The van der Waals surface area contributed by atoms with Gasteiger partial charge in [-0.3, -0.25) is 19.6 Å². The van der Waals surface area contributed by atoms with Crippen LogP contribution in [0.4, 0.5) is 11.4 Å². The molecule has 0 bridgehead atoms. The Hall–Kier alpha value is -2.90. The second-order valence-electron chi connectivity index (χ2n) is 4.21. The zero-order chi connectivity index (χ0) is 14.7. The second kappa shape index (κ2) is 5.39. The molecular formula is C12H12N4O4. The largest absolute Gasteiger partial charge is 0.502 e. The first-order chi connectivity index (χ1) is 9.45. The van der Waals surface area contributed by atoms with E-state index in [-0.39, 0.29) is 18.0 Å². The van der Waals surface area contributed by atoms with Gasteiger partial charge in [-0.1, -0.05) is 0 Å². The highest BCUT2D eigenvalue weighted by Crippen LogP contribution is 2.28. The van der Waals surface area contributed by atoms with Gasteiger partial charge in [-0.25, -0.2) is 0 Å². The van der Waals surface area contributed by atoms with Crippen LogP contribution in [0, 0.1) is 10.1 Å². The summed E-state index contributed by atoms with van der Waals surface area (Å²) in [5, 5.41) is 26.5. The quantitative estimate of drug-likeness (QED) is 0.495. The van der Waals surface area contributed by atoms with Crippen LogP contribution in [0.5, 0.6) is 5.75 Å². The Morgan fingerprint density at radius 3 is 2.90 bits per heavy atom. The number of nitro groups is 1. The van der Waals surface area contributed by atoms with Crippen molar-refractivity contribution in [1.29, 1.82) is 0 Å². The molecule has 0 aliphatic carbocycles. The van der Waals surface area contributed by atoms with E-state index in [0.717, 1.165) is 17.7 Å². The van der Waals surface area contributed by atoms with E-state index >= 15 is 0 Å². The van der Waals surface area contributed by atoms with Crippen LogP contribution in [0.1, 0.15) is 5.56 Å². The fourth-order valence-corrected chi connectivity index (χ4v) is 1.70. The van der Waals surface area contributed by atoms with Crippen molar-refractivity contribution >= 4 is 17.3 Å². The van der Waals surface area contributed by atoms with E-state index in [1.54, 1.807) is 24.1 Å². The molecule has 0 radical (unpaired) electrons. The number of aromatic hydroxyl groups is 1. The third kappa shape index (κ3) is 3.10. The van der Waals surface area contributed by atoms with Gasteiger partial charge in [0, 0.05) is 25.0 Å². The topological polar surface area (TPSA) is 110 Å². The van der Waals surface area contributed by atoms with Crippen molar-refractivity contribution < 1.29 is 14.8 Å². The highest BCUT2D eigenvalue weighted by Gasteiger charge is 2.15. The summed E-state index contributed by atoms with van der Waals surface area (Å²) in [7, 11) is 1.74. The van der Waals surface area contributed by atoms with Gasteiger partial charge in [0.2, 0.25) is 5.91 Å². The smallest absolute Gasteiger partial charge is 0.312 e. The maximum absolute atomic E-state index is 11.8. The van der Waals surface area contributed by atoms with Crippen LogP contribution in [0.15, 0.2) is 30.6 Å². The van der Waals surface area contributed by atoms with Crippen molar-refractivity contribution in [2.24, 2.45) is 7.05 Å². The molecule has 1 aromatic carbocycles. The minimum atomic E-state index is -0.716. The standard InChI is InChI=1S/C12H12N4O4/c1-15-7-8(6-13-15)4-12(18)14-9-2-3-11(17)10(5-9)16(19)20/h2-3,5-7,17H,4H2,1H3,(H,14,18). The van der Waals surface area contributed by atoms with Crippen LogP contribution < -0.4 is 5.32 Å². The number of carbonyl (C=O) groups is 1. The molecule has 1 amide bonds. The van der Waals surface area contributed by atoms with Gasteiger partial charge in [0.1, 0.15) is 0 Å². The van der Waals surface area contributed by atoms with Crippen LogP contribution >= 0.6 is 0 Å². The van der Waals surface area contributed by atoms with Crippen molar-refractivity contribution in [2.45, 2.75) is 6.42 Å². The summed E-state index contributed by atoms with van der Waals surface area (Å²) in [4.78, 5) is 21.7. The summed E-state index contributed by atoms with van der Waals surface area (Å²) in [6, 6.07) is 3.66. The lowest BCUT2D eigenvalue weighted by Crippen LogP contribution is -2.14. The normalized spacial score (nSPS) is 10.2. The fourth-order valence-electron chi connectivity index (χ4n) is 1.70. The number of nitro benzene ring substituents is 1. The Kier molecular flexibility index (Phi) is 3.65. The maximum Gasteiger partial charge on any atom is 0.312 e. The number of rotatable bonds is 4. The number of hydrogen-bond acceptors (Lipinski definition) is 5. The van der Waals surface area contributed by atoms with Gasteiger partial charge in [-0.05, 0) is 17.7 Å². The highest BCUT2D eigenvalue weighted by atomic mass is 16.6. The summed E-state index contributed by atoms with van der Waals surface area (Å²) in [5.41, 5.74) is 0.533. The van der Waals surface area contributed by atoms with E-state index in [2.05, 4.69) is 10.4 Å². The number of aromatic nitrogens is 2. The van der Waals surface area contributed by atoms with Crippen LogP contribution in [-0.4, -0.2) is 25.7 Å². The Morgan fingerprint density at radius 1 is 1.55 bits per heavy atom. The van der Waals surface area contributed by atoms with Crippen molar-refractivity contribution in [3.05, 3.63) is 46.3 Å². The Morgan fingerprint density at radius 2 is 2.30 bits per heavy atom. The number of anilines is 1. The van der Waals surface area contributed by atoms with E-state index in [1.807, 2.05) is 0 Å². The monoisotopic (exact) mass is 276 g/mol. The molecule has 2 aromatic rings. The van der Waals surface area contributed by atoms with Gasteiger partial charge in [-0.2, -0.15) is 5.10 Å². The number of phenolic OH excluding ortho intramolecular Hbond substituents is 1. The van der Waals surface area contributed by atoms with Gasteiger partial charge < -0.3 is 10.4 Å². The van der Waals surface area contributed by atoms with E-state index < -0.39 is 16.4 Å². The van der Waals surface area contributed by atoms with Gasteiger partial charge >= 0.3 is 5.69 Å². The van der Waals surface area contributed by atoms with Gasteiger partial charge in [0.05, 0.1) is 17.5 Å². The summed E-state index contributed by atoms with van der Waals surface area (Å²) < 4.78 is 1.58. The summed E-state index contributed by atoms with van der Waals surface area (Å²) in [5.74, 6) is -0.766. The van der Waals surface area contributed by atoms with E-state index in [0.29, 0.717) is 0 Å². The molecule has 1 aromatic heterocycles. The van der Waals surface area contributed by atoms with Crippen molar-refractivity contribution in [3.63, 3.8) is 0 Å². The lowest BCUT2D eigenvalue weighted by atomic mass is 10.2. The molecule has 0 unspecified atom stereocenters. The SMILES string of the molecule is Cn1cc(CC(=O)Nc2ccc(O)c([N+](=O)[O-])c2)cn1. The minimum absolute atomic E-state index is 0.114. The molecule has 0 saturated carbocycles. The zero-order valence-electron chi connectivity index (χ0n) is 10.6.